The second-order valence-corrected chi connectivity index (χ2v) is 6.16. The van der Waals surface area contributed by atoms with Crippen molar-refractivity contribution >= 4 is 38.8 Å². The predicted octanol–water partition coefficient (Wildman–Crippen LogP) is 3.56. The number of hydrogen-bond acceptors (Lipinski definition) is 3. The normalized spacial score (nSPS) is 10.7. The maximum Gasteiger partial charge on any atom is 0.106 e. The van der Waals surface area contributed by atoms with Crippen molar-refractivity contribution in [2.75, 3.05) is 25.1 Å². The summed E-state index contributed by atoms with van der Waals surface area (Å²) in [6.45, 7) is 6.72. The van der Waals surface area contributed by atoms with Crippen LogP contribution >= 0.6 is 28.1 Å². The van der Waals surface area contributed by atoms with Gasteiger partial charge in [-0.05, 0) is 30.5 Å². The van der Waals surface area contributed by atoms with E-state index in [-0.39, 0.29) is 0 Å². The molecule has 1 rings (SSSR count). The number of hydrogen-bond donors (Lipinski definition) is 2. The van der Waals surface area contributed by atoms with Crippen molar-refractivity contribution in [3.8, 4) is 0 Å². The van der Waals surface area contributed by atoms with Gasteiger partial charge in [0.15, 0.2) is 0 Å². The number of thiocarbonyl (C=S) groups is 1. The van der Waals surface area contributed by atoms with Gasteiger partial charge in [0.05, 0.1) is 0 Å². The predicted molar refractivity (Wildman–Crippen MR) is 88.8 cm³/mol. The van der Waals surface area contributed by atoms with E-state index in [9.17, 15) is 0 Å². The molecule has 1 aromatic rings. The van der Waals surface area contributed by atoms with Gasteiger partial charge in [-0.2, -0.15) is 0 Å². The summed E-state index contributed by atoms with van der Waals surface area (Å²) in [7, 11) is 0. The maximum atomic E-state index is 5.71. The summed E-state index contributed by atoms with van der Waals surface area (Å²) in [6, 6.07) is 5.88. The Kier molecular flexibility index (Phi) is 7.34. The molecule has 0 heterocycles. The molecule has 0 saturated carbocycles. The maximum absolute atomic E-state index is 5.71. The van der Waals surface area contributed by atoms with Crippen molar-refractivity contribution in [3.05, 3.63) is 28.2 Å². The number of ether oxygens (including phenoxy) is 1. The Hall–Kier alpha value is -0.650. The molecule has 0 aliphatic rings. The van der Waals surface area contributed by atoms with Gasteiger partial charge in [0, 0.05) is 35.5 Å². The highest BCUT2D eigenvalue weighted by Crippen LogP contribution is 2.21. The minimum absolute atomic E-state index is 0.403. The van der Waals surface area contributed by atoms with E-state index in [0.717, 1.165) is 41.9 Å². The van der Waals surface area contributed by atoms with E-state index in [1.807, 2.05) is 18.2 Å². The van der Waals surface area contributed by atoms with Gasteiger partial charge in [-0.3, -0.25) is 0 Å². The Balaban J connectivity index is 2.39. The zero-order chi connectivity index (χ0) is 14.3. The molecule has 0 radical (unpaired) electrons. The molecule has 19 heavy (non-hydrogen) atoms. The van der Waals surface area contributed by atoms with Crippen LogP contribution in [0, 0.1) is 5.92 Å². The lowest BCUT2D eigenvalue weighted by atomic mass is 10.1. The zero-order valence-corrected chi connectivity index (χ0v) is 13.8. The second kappa shape index (κ2) is 8.51. The van der Waals surface area contributed by atoms with E-state index in [0.29, 0.717) is 10.9 Å². The summed E-state index contributed by atoms with van der Waals surface area (Å²) in [5.74, 6) is 0.584. The molecule has 0 saturated heterocycles. The second-order valence-electron chi connectivity index (χ2n) is 4.80. The van der Waals surface area contributed by atoms with E-state index in [1.165, 1.54) is 0 Å². The van der Waals surface area contributed by atoms with Crippen molar-refractivity contribution in [2.45, 2.75) is 20.3 Å². The van der Waals surface area contributed by atoms with Gasteiger partial charge in [-0.25, -0.2) is 0 Å². The number of benzene rings is 1. The van der Waals surface area contributed by atoms with Crippen LogP contribution in [-0.2, 0) is 4.74 Å². The fourth-order valence-electron chi connectivity index (χ4n) is 1.59. The summed E-state index contributed by atoms with van der Waals surface area (Å²) in [5, 5.41) is 3.34. The van der Waals surface area contributed by atoms with Gasteiger partial charge >= 0.3 is 0 Å². The smallest absolute Gasteiger partial charge is 0.106 e. The van der Waals surface area contributed by atoms with E-state index < -0.39 is 0 Å². The molecule has 0 atom stereocenters. The van der Waals surface area contributed by atoms with Crippen molar-refractivity contribution in [3.63, 3.8) is 0 Å². The Bertz CT molecular complexity index is 424. The molecule has 106 valence electrons. The van der Waals surface area contributed by atoms with Crippen molar-refractivity contribution in [2.24, 2.45) is 11.7 Å². The highest BCUT2D eigenvalue weighted by atomic mass is 79.9. The van der Waals surface area contributed by atoms with Gasteiger partial charge in [0.2, 0.25) is 0 Å². The average molecular weight is 345 g/mol. The first-order valence-electron chi connectivity index (χ1n) is 6.41. The van der Waals surface area contributed by atoms with E-state index in [4.69, 9.17) is 22.7 Å². The minimum Gasteiger partial charge on any atom is -0.389 e. The average Bonchev–Trinajstić information content (AvgIpc) is 2.34. The third-order valence-electron chi connectivity index (χ3n) is 2.48. The van der Waals surface area contributed by atoms with Crippen molar-refractivity contribution in [1.82, 2.24) is 0 Å². The van der Waals surface area contributed by atoms with Crippen LogP contribution in [0.5, 0.6) is 0 Å². The fourth-order valence-corrected chi connectivity index (χ4v) is 2.12. The third-order valence-corrected chi connectivity index (χ3v) is 3.19. The van der Waals surface area contributed by atoms with Gasteiger partial charge < -0.3 is 15.8 Å². The number of nitrogens with two attached hydrogens (primary N) is 1. The van der Waals surface area contributed by atoms with E-state index in [1.54, 1.807) is 0 Å². The molecule has 0 bridgehead atoms. The van der Waals surface area contributed by atoms with Crippen LogP contribution in [0.3, 0.4) is 0 Å². The molecule has 0 aliphatic carbocycles. The number of anilines is 1. The van der Waals surface area contributed by atoms with Crippen LogP contribution in [0.25, 0.3) is 0 Å². The van der Waals surface area contributed by atoms with Crippen LogP contribution < -0.4 is 11.1 Å². The van der Waals surface area contributed by atoms with Crippen molar-refractivity contribution < 1.29 is 4.74 Å². The molecular weight excluding hydrogens is 324 g/mol. The van der Waals surface area contributed by atoms with Gasteiger partial charge in [0.1, 0.15) is 4.99 Å². The first kappa shape index (κ1) is 16.4. The van der Waals surface area contributed by atoms with Gasteiger partial charge in [-0.15, -0.1) is 0 Å². The zero-order valence-electron chi connectivity index (χ0n) is 11.4. The summed E-state index contributed by atoms with van der Waals surface area (Å²) in [5.41, 5.74) is 7.55. The Morgan fingerprint density at radius 1 is 1.47 bits per heavy atom. The number of nitrogens with one attached hydrogen (secondary N) is 1. The fraction of sp³-hybridized carbons (Fsp3) is 0.500. The highest BCUT2D eigenvalue weighted by molar-refractivity contribution is 9.10. The van der Waals surface area contributed by atoms with Crippen molar-refractivity contribution in [1.29, 1.82) is 0 Å². The quantitative estimate of drug-likeness (QED) is 0.559. The van der Waals surface area contributed by atoms with Crippen LogP contribution in [0.4, 0.5) is 5.69 Å². The Labute approximate surface area is 129 Å². The topological polar surface area (TPSA) is 47.3 Å². The molecule has 5 heteroatoms. The molecular formula is C14H21BrN2OS. The Morgan fingerprint density at radius 2 is 2.21 bits per heavy atom. The molecule has 0 aliphatic heterocycles. The van der Waals surface area contributed by atoms with E-state index >= 15 is 0 Å². The van der Waals surface area contributed by atoms with Crippen LogP contribution in [0.15, 0.2) is 22.7 Å². The Morgan fingerprint density at radius 3 is 2.84 bits per heavy atom. The molecule has 0 aromatic heterocycles. The van der Waals surface area contributed by atoms with Crippen LogP contribution in [-0.4, -0.2) is 24.7 Å². The first-order valence-corrected chi connectivity index (χ1v) is 7.61. The summed E-state index contributed by atoms with van der Waals surface area (Å²) < 4.78 is 6.51. The minimum atomic E-state index is 0.403. The number of halogens is 1. The van der Waals surface area contributed by atoms with E-state index in [2.05, 4.69) is 35.1 Å². The highest BCUT2D eigenvalue weighted by Gasteiger charge is 2.05. The lowest BCUT2D eigenvalue weighted by Crippen LogP contribution is -2.14. The molecule has 0 spiro atoms. The molecule has 0 amide bonds. The molecule has 0 fully saturated rings. The van der Waals surface area contributed by atoms with Crippen LogP contribution in [0.1, 0.15) is 25.8 Å². The molecule has 3 nitrogen and oxygen atoms in total. The lowest BCUT2D eigenvalue weighted by Gasteiger charge is -2.12. The molecule has 0 unspecified atom stereocenters. The molecule has 1 aromatic carbocycles. The van der Waals surface area contributed by atoms with Gasteiger partial charge in [0.25, 0.3) is 0 Å². The SMILES string of the molecule is CC(C)COCCCNc1ccc(Br)cc1C(N)=S. The van der Waals surface area contributed by atoms with Gasteiger partial charge in [-0.1, -0.05) is 42.0 Å². The number of rotatable bonds is 8. The standard InChI is InChI=1S/C14H21BrN2OS/c1-10(2)9-18-7-3-6-17-13-5-4-11(15)8-12(13)14(16)19/h4-5,8,10,17H,3,6-7,9H2,1-2H3,(H2,16,19). The summed E-state index contributed by atoms with van der Waals surface area (Å²) in [4.78, 5) is 0.403. The lowest BCUT2D eigenvalue weighted by molar-refractivity contribution is 0.110. The third kappa shape index (κ3) is 6.36. The largest absolute Gasteiger partial charge is 0.389 e. The summed E-state index contributed by atoms with van der Waals surface area (Å²) in [6.07, 6.45) is 0.958. The van der Waals surface area contributed by atoms with Crippen LogP contribution in [0.2, 0.25) is 0 Å². The monoisotopic (exact) mass is 344 g/mol. The molecule has 3 N–H and O–H groups in total. The summed E-state index contributed by atoms with van der Waals surface area (Å²) >= 11 is 8.47. The first-order chi connectivity index (χ1) is 9.00.